The smallest absolute Gasteiger partial charge is 0.0467 e. The lowest BCUT2D eigenvalue weighted by atomic mass is 9.82. The van der Waals surface area contributed by atoms with E-state index in [4.69, 9.17) is 0 Å². The Morgan fingerprint density at radius 1 is 0.551 bits per heavy atom. The quantitative estimate of drug-likeness (QED) is 0.159. The lowest BCUT2D eigenvalue weighted by molar-refractivity contribution is 0.660. The second kappa shape index (κ2) is 12.3. The van der Waals surface area contributed by atoms with Crippen LogP contribution in [0, 0.1) is 0 Å². The SMILES string of the molecule is C=C/C(=C\C=C(/C)c1ccc2ccccc2c1)N(c1ccc(-c2cccc3c2-c2ccccc2C3(C)C)cc1)c1ccc2ccccc2c1. The minimum Gasteiger partial charge on any atom is -0.311 e. The Morgan fingerprint density at radius 3 is 1.88 bits per heavy atom. The standard InChI is InChI=1S/C48H39N/c1-5-40(27-21-33(2)37-23-22-34-13-6-8-15-38(34)31-37)49(42-30-24-35-14-7-9-16-39(35)32-42)41-28-25-36(26-29-41)43-18-12-20-46-47(43)44-17-10-11-19-45(44)48(46,3)4/h5-32H,1H2,2-4H3/b33-21+,40-27+. The van der Waals surface area contributed by atoms with E-state index in [1.807, 2.05) is 6.08 Å². The summed E-state index contributed by atoms with van der Waals surface area (Å²) in [6.45, 7) is 11.1. The summed E-state index contributed by atoms with van der Waals surface area (Å²) >= 11 is 0. The van der Waals surface area contributed by atoms with Crippen LogP contribution in [0.4, 0.5) is 11.4 Å². The van der Waals surface area contributed by atoms with E-state index in [1.165, 1.54) is 66.1 Å². The predicted octanol–water partition coefficient (Wildman–Crippen LogP) is 13.3. The molecule has 0 saturated heterocycles. The van der Waals surface area contributed by atoms with Gasteiger partial charge >= 0.3 is 0 Å². The molecule has 0 aliphatic heterocycles. The van der Waals surface area contributed by atoms with Crippen molar-refractivity contribution in [2.45, 2.75) is 26.2 Å². The molecule has 1 aliphatic carbocycles. The van der Waals surface area contributed by atoms with Gasteiger partial charge in [0.15, 0.2) is 0 Å². The maximum absolute atomic E-state index is 4.29. The van der Waals surface area contributed by atoms with Gasteiger partial charge in [0.2, 0.25) is 0 Å². The van der Waals surface area contributed by atoms with Crippen molar-refractivity contribution in [2.24, 2.45) is 0 Å². The van der Waals surface area contributed by atoms with Crippen LogP contribution in [0.1, 0.15) is 37.5 Å². The summed E-state index contributed by atoms with van der Waals surface area (Å²) in [4.78, 5) is 2.31. The van der Waals surface area contributed by atoms with Gasteiger partial charge in [-0.05, 0) is 115 Å². The molecule has 0 unspecified atom stereocenters. The number of benzene rings is 7. The molecular formula is C48H39N. The lowest BCUT2D eigenvalue weighted by Gasteiger charge is -2.27. The molecule has 0 atom stereocenters. The first-order valence-corrected chi connectivity index (χ1v) is 17.1. The van der Waals surface area contributed by atoms with Gasteiger partial charge < -0.3 is 4.90 Å². The van der Waals surface area contributed by atoms with E-state index in [0.29, 0.717) is 0 Å². The van der Waals surface area contributed by atoms with Crippen molar-refractivity contribution in [1.29, 1.82) is 0 Å². The van der Waals surface area contributed by atoms with E-state index >= 15 is 0 Å². The molecule has 0 amide bonds. The number of rotatable bonds is 7. The van der Waals surface area contributed by atoms with Crippen LogP contribution in [0.3, 0.4) is 0 Å². The number of hydrogen-bond acceptors (Lipinski definition) is 1. The van der Waals surface area contributed by atoms with Crippen molar-refractivity contribution >= 4 is 38.5 Å². The molecule has 0 spiro atoms. The number of nitrogens with zero attached hydrogens (tertiary/aromatic N) is 1. The van der Waals surface area contributed by atoms with Gasteiger partial charge in [0.1, 0.15) is 0 Å². The topological polar surface area (TPSA) is 3.24 Å². The van der Waals surface area contributed by atoms with E-state index in [-0.39, 0.29) is 5.41 Å². The summed E-state index contributed by atoms with van der Waals surface area (Å²) in [5, 5.41) is 4.92. The van der Waals surface area contributed by atoms with Crippen molar-refractivity contribution < 1.29 is 0 Å². The number of hydrogen-bond donors (Lipinski definition) is 0. The zero-order valence-electron chi connectivity index (χ0n) is 28.3. The summed E-state index contributed by atoms with van der Waals surface area (Å²) in [6.07, 6.45) is 6.34. The summed E-state index contributed by atoms with van der Waals surface area (Å²) in [7, 11) is 0. The maximum atomic E-state index is 4.29. The zero-order valence-corrected chi connectivity index (χ0v) is 28.3. The van der Waals surface area contributed by atoms with Crippen LogP contribution in [0.2, 0.25) is 0 Å². The number of allylic oxidation sites excluding steroid dienone is 4. The molecule has 0 heterocycles. The molecule has 1 nitrogen and oxygen atoms in total. The van der Waals surface area contributed by atoms with E-state index in [2.05, 4.69) is 196 Å². The normalized spacial score (nSPS) is 13.7. The molecule has 1 heteroatoms. The van der Waals surface area contributed by atoms with Crippen LogP contribution < -0.4 is 4.90 Å². The fourth-order valence-corrected chi connectivity index (χ4v) is 7.52. The molecule has 0 bridgehead atoms. The molecule has 0 radical (unpaired) electrons. The Labute approximate surface area is 289 Å². The highest BCUT2D eigenvalue weighted by molar-refractivity contribution is 5.93. The Bertz CT molecular complexity index is 2440. The van der Waals surface area contributed by atoms with E-state index < -0.39 is 0 Å². The van der Waals surface area contributed by atoms with Crippen LogP contribution >= 0.6 is 0 Å². The highest BCUT2D eigenvalue weighted by Crippen LogP contribution is 2.52. The molecule has 7 aromatic carbocycles. The van der Waals surface area contributed by atoms with Crippen molar-refractivity contribution in [3.05, 3.63) is 199 Å². The molecular weight excluding hydrogens is 591 g/mol. The Balaban J connectivity index is 1.22. The van der Waals surface area contributed by atoms with E-state index in [1.54, 1.807) is 0 Å². The minimum atomic E-state index is -0.0308. The van der Waals surface area contributed by atoms with Crippen molar-refractivity contribution in [3.63, 3.8) is 0 Å². The molecule has 8 rings (SSSR count). The molecule has 0 fully saturated rings. The third-order valence-corrected chi connectivity index (χ3v) is 10.2. The summed E-state index contributed by atoms with van der Waals surface area (Å²) in [6, 6.07) is 55.1. The fraction of sp³-hybridized carbons (Fsp3) is 0.0833. The van der Waals surface area contributed by atoms with Crippen molar-refractivity contribution in [2.75, 3.05) is 4.90 Å². The van der Waals surface area contributed by atoms with E-state index in [9.17, 15) is 0 Å². The third kappa shape index (κ3) is 5.38. The molecule has 1 aliphatic rings. The zero-order chi connectivity index (χ0) is 33.5. The minimum absolute atomic E-state index is 0.0308. The lowest BCUT2D eigenvalue weighted by Crippen LogP contribution is -2.15. The average molecular weight is 630 g/mol. The van der Waals surface area contributed by atoms with Crippen molar-refractivity contribution in [3.8, 4) is 22.3 Å². The molecule has 49 heavy (non-hydrogen) atoms. The highest BCUT2D eigenvalue weighted by atomic mass is 15.1. The molecule has 0 aromatic heterocycles. The average Bonchev–Trinajstić information content (AvgIpc) is 3.39. The third-order valence-electron chi connectivity index (χ3n) is 10.2. The van der Waals surface area contributed by atoms with Crippen LogP contribution in [0.15, 0.2) is 182 Å². The molecule has 7 aromatic rings. The van der Waals surface area contributed by atoms with E-state index in [0.717, 1.165) is 17.1 Å². The highest BCUT2D eigenvalue weighted by Gasteiger charge is 2.36. The van der Waals surface area contributed by atoms with Gasteiger partial charge in [0, 0.05) is 22.5 Å². The first-order valence-electron chi connectivity index (χ1n) is 17.1. The largest absolute Gasteiger partial charge is 0.311 e. The van der Waals surface area contributed by atoms with Gasteiger partial charge in [-0.15, -0.1) is 0 Å². The van der Waals surface area contributed by atoms with Gasteiger partial charge in [0.05, 0.1) is 0 Å². The number of anilines is 2. The van der Waals surface area contributed by atoms with Gasteiger partial charge in [-0.1, -0.05) is 148 Å². The van der Waals surface area contributed by atoms with Crippen LogP contribution in [-0.4, -0.2) is 0 Å². The summed E-state index contributed by atoms with van der Waals surface area (Å²) in [5.74, 6) is 0. The van der Waals surface area contributed by atoms with Crippen LogP contribution in [0.5, 0.6) is 0 Å². The van der Waals surface area contributed by atoms with Crippen LogP contribution in [-0.2, 0) is 5.41 Å². The second-order valence-corrected chi connectivity index (χ2v) is 13.5. The Morgan fingerprint density at radius 2 is 1.14 bits per heavy atom. The fourth-order valence-electron chi connectivity index (χ4n) is 7.52. The number of fused-ring (bicyclic) bond motifs is 5. The molecule has 236 valence electrons. The van der Waals surface area contributed by atoms with Gasteiger partial charge in [0.25, 0.3) is 0 Å². The monoisotopic (exact) mass is 629 g/mol. The summed E-state index contributed by atoms with van der Waals surface area (Å²) < 4.78 is 0. The summed E-state index contributed by atoms with van der Waals surface area (Å²) in [5.41, 5.74) is 13.5. The predicted molar refractivity (Wildman–Crippen MR) is 211 cm³/mol. The Kier molecular flexibility index (Phi) is 7.62. The molecule has 0 N–H and O–H groups in total. The maximum Gasteiger partial charge on any atom is 0.0467 e. The first kappa shape index (κ1) is 30.4. The van der Waals surface area contributed by atoms with Gasteiger partial charge in [-0.3, -0.25) is 0 Å². The van der Waals surface area contributed by atoms with Crippen molar-refractivity contribution in [1.82, 2.24) is 0 Å². The van der Waals surface area contributed by atoms with Gasteiger partial charge in [-0.25, -0.2) is 0 Å². The first-order chi connectivity index (χ1) is 23.9. The van der Waals surface area contributed by atoms with Gasteiger partial charge in [-0.2, -0.15) is 0 Å². The second-order valence-electron chi connectivity index (χ2n) is 13.5. The Hall–Kier alpha value is -5.92. The van der Waals surface area contributed by atoms with Crippen LogP contribution in [0.25, 0.3) is 49.4 Å². The molecule has 0 saturated carbocycles.